The van der Waals surface area contributed by atoms with Crippen LogP contribution in [0.5, 0.6) is 5.75 Å². The summed E-state index contributed by atoms with van der Waals surface area (Å²) in [7, 11) is 0. The molecule has 0 saturated carbocycles. The van der Waals surface area contributed by atoms with Gasteiger partial charge in [-0.25, -0.2) is 0 Å². The van der Waals surface area contributed by atoms with Gasteiger partial charge in [0.1, 0.15) is 12.4 Å². The fourth-order valence-electron chi connectivity index (χ4n) is 3.81. The Morgan fingerprint density at radius 2 is 1.45 bits per heavy atom. The summed E-state index contributed by atoms with van der Waals surface area (Å²) in [5.74, 6) is 0.915. The van der Waals surface area contributed by atoms with Gasteiger partial charge in [0.15, 0.2) is 0 Å². The summed E-state index contributed by atoms with van der Waals surface area (Å²) < 4.78 is 6.13. The normalized spacial score (nSPS) is 14.3. The maximum atomic E-state index is 12.2. The third kappa shape index (κ3) is 5.86. The van der Waals surface area contributed by atoms with Crippen LogP contribution in [-0.2, 0) is 6.61 Å². The zero-order chi connectivity index (χ0) is 21.3. The molecule has 3 aromatic carbocycles. The van der Waals surface area contributed by atoms with Crippen LogP contribution in [0.2, 0.25) is 0 Å². The fraction of sp³-hybridized carbons (Fsp3) is 0.269. The van der Waals surface area contributed by atoms with Crippen LogP contribution < -0.4 is 15.0 Å². The molecule has 1 N–H and O–H groups in total. The first-order chi connectivity index (χ1) is 15.3. The Labute approximate surface area is 184 Å². The molecule has 4 rings (SSSR count). The number of nitrogens with zero attached hydrogens (tertiary/aromatic N) is 2. The van der Waals surface area contributed by atoms with Crippen molar-refractivity contribution >= 4 is 11.6 Å². The zero-order valence-corrected chi connectivity index (χ0v) is 17.7. The van der Waals surface area contributed by atoms with Crippen LogP contribution in [-0.4, -0.2) is 50.1 Å². The molecule has 0 spiro atoms. The number of anilines is 1. The van der Waals surface area contributed by atoms with Crippen LogP contribution in [0.3, 0.4) is 0 Å². The molecule has 5 nitrogen and oxygen atoms in total. The van der Waals surface area contributed by atoms with Crippen LogP contribution in [0.25, 0.3) is 0 Å². The van der Waals surface area contributed by atoms with E-state index >= 15 is 0 Å². The Morgan fingerprint density at radius 3 is 2.19 bits per heavy atom. The molecule has 3 aromatic rings. The summed E-state index contributed by atoms with van der Waals surface area (Å²) in [6.45, 7) is 5.90. The summed E-state index contributed by atoms with van der Waals surface area (Å²) in [5.41, 5.74) is 3.02. The van der Waals surface area contributed by atoms with Crippen molar-refractivity contribution in [1.29, 1.82) is 0 Å². The van der Waals surface area contributed by atoms with Gasteiger partial charge in [-0.2, -0.15) is 0 Å². The number of hydrogen-bond acceptors (Lipinski definition) is 4. The number of nitrogens with one attached hydrogen (secondary N) is 1. The molecule has 1 amide bonds. The SMILES string of the molecule is O=C(NCCN1CCN(c2ccccc2OCc2ccccc2)CC1)c1ccccc1. The van der Waals surface area contributed by atoms with Crippen molar-refractivity contribution in [2.75, 3.05) is 44.2 Å². The molecule has 5 heteroatoms. The van der Waals surface area contributed by atoms with Crippen molar-refractivity contribution in [1.82, 2.24) is 10.2 Å². The molecule has 1 saturated heterocycles. The smallest absolute Gasteiger partial charge is 0.251 e. The molecule has 0 aliphatic carbocycles. The van der Waals surface area contributed by atoms with Gasteiger partial charge in [0.05, 0.1) is 5.69 Å². The number of ether oxygens (including phenoxy) is 1. The summed E-state index contributed by atoms with van der Waals surface area (Å²) >= 11 is 0. The summed E-state index contributed by atoms with van der Waals surface area (Å²) in [6, 6.07) is 27.9. The quantitative estimate of drug-likeness (QED) is 0.608. The van der Waals surface area contributed by atoms with Crippen molar-refractivity contribution in [2.45, 2.75) is 6.61 Å². The van der Waals surface area contributed by atoms with Gasteiger partial charge in [-0.15, -0.1) is 0 Å². The molecule has 0 atom stereocenters. The molecular weight excluding hydrogens is 386 g/mol. The lowest BCUT2D eigenvalue weighted by molar-refractivity contribution is 0.0947. The van der Waals surface area contributed by atoms with E-state index in [9.17, 15) is 4.79 Å². The highest BCUT2D eigenvalue weighted by Gasteiger charge is 2.19. The second-order valence-electron chi connectivity index (χ2n) is 7.69. The molecule has 1 heterocycles. The topological polar surface area (TPSA) is 44.8 Å². The Hall–Kier alpha value is -3.31. The van der Waals surface area contributed by atoms with Gasteiger partial charge < -0.3 is 15.0 Å². The largest absolute Gasteiger partial charge is 0.487 e. The number of amides is 1. The predicted octanol–water partition coefficient (Wildman–Crippen LogP) is 3.82. The Morgan fingerprint density at radius 1 is 0.806 bits per heavy atom. The maximum Gasteiger partial charge on any atom is 0.251 e. The van der Waals surface area contributed by atoms with Crippen molar-refractivity contribution in [3.8, 4) is 5.75 Å². The standard InChI is InChI=1S/C26H29N3O2/c30-26(23-11-5-2-6-12-23)27-15-16-28-17-19-29(20-18-28)24-13-7-8-14-25(24)31-21-22-9-3-1-4-10-22/h1-14H,15-21H2,(H,27,30). The highest BCUT2D eigenvalue weighted by molar-refractivity contribution is 5.94. The number of para-hydroxylation sites is 2. The first-order valence-electron chi connectivity index (χ1n) is 10.9. The van der Waals surface area contributed by atoms with Gasteiger partial charge in [-0.3, -0.25) is 9.69 Å². The predicted molar refractivity (Wildman–Crippen MR) is 125 cm³/mol. The third-order valence-corrected chi connectivity index (χ3v) is 5.56. The van der Waals surface area contributed by atoms with Gasteiger partial charge >= 0.3 is 0 Å². The van der Waals surface area contributed by atoms with Gasteiger partial charge in [0, 0.05) is 44.8 Å². The Kier molecular flexibility index (Phi) is 7.19. The van der Waals surface area contributed by atoms with Crippen LogP contribution in [0.15, 0.2) is 84.9 Å². The monoisotopic (exact) mass is 415 g/mol. The number of piperazine rings is 1. The molecule has 0 radical (unpaired) electrons. The van der Waals surface area contributed by atoms with E-state index in [-0.39, 0.29) is 5.91 Å². The third-order valence-electron chi connectivity index (χ3n) is 5.56. The molecule has 160 valence electrons. The first kappa shape index (κ1) is 20.9. The van der Waals surface area contributed by atoms with E-state index < -0.39 is 0 Å². The minimum absolute atomic E-state index is 0.0104. The van der Waals surface area contributed by atoms with Crippen molar-refractivity contribution < 1.29 is 9.53 Å². The van der Waals surface area contributed by atoms with E-state index in [4.69, 9.17) is 4.74 Å². The first-order valence-corrected chi connectivity index (χ1v) is 10.9. The molecule has 1 aliphatic heterocycles. The maximum absolute atomic E-state index is 12.2. The lowest BCUT2D eigenvalue weighted by Gasteiger charge is -2.36. The second kappa shape index (κ2) is 10.6. The van der Waals surface area contributed by atoms with Crippen molar-refractivity contribution in [3.63, 3.8) is 0 Å². The highest BCUT2D eigenvalue weighted by atomic mass is 16.5. The average molecular weight is 416 g/mol. The molecule has 1 fully saturated rings. The van der Waals surface area contributed by atoms with Crippen LogP contribution >= 0.6 is 0 Å². The van der Waals surface area contributed by atoms with Crippen LogP contribution in [0.1, 0.15) is 15.9 Å². The van der Waals surface area contributed by atoms with Crippen LogP contribution in [0.4, 0.5) is 5.69 Å². The van der Waals surface area contributed by atoms with E-state index in [1.54, 1.807) is 0 Å². The summed E-state index contributed by atoms with van der Waals surface area (Å²) in [5, 5.41) is 3.02. The molecular formula is C26H29N3O2. The lowest BCUT2D eigenvalue weighted by Crippen LogP contribution is -2.48. The fourth-order valence-corrected chi connectivity index (χ4v) is 3.81. The number of carbonyl (C=O) groups excluding carboxylic acids is 1. The molecule has 0 aromatic heterocycles. The minimum Gasteiger partial charge on any atom is -0.487 e. The second-order valence-corrected chi connectivity index (χ2v) is 7.69. The number of benzene rings is 3. The molecule has 0 bridgehead atoms. The Balaban J connectivity index is 1.25. The molecule has 31 heavy (non-hydrogen) atoms. The van der Waals surface area contributed by atoms with Gasteiger partial charge in [0.2, 0.25) is 0 Å². The number of hydrogen-bond donors (Lipinski definition) is 1. The van der Waals surface area contributed by atoms with E-state index in [0.717, 1.165) is 44.2 Å². The van der Waals surface area contributed by atoms with Crippen LogP contribution in [0, 0.1) is 0 Å². The van der Waals surface area contributed by atoms with E-state index in [1.807, 2.05) is 60.7 Å². The van der Waals surface area contributed by atoms with Gasteiger partial charge in [-0.1, -0.05) is 60.7 Å². The minimum atomic E-state index is -0.0104. The van der Waals surface area contributed by atoms with E-state index in [2.05, 4.69) is 39.4 Å². The van der Waals surface area contributed by atoms with Crippen molar-refractivity contribution in [3.05, 3.63) is 96.1 Å². The molecule has 1 aliphatic rings. The summed E-state index contributed by atoms with van der Waals surface area (Å²) in [4.78, 5) is 17.0. The van der Waals surface area contributed by atoms with Gasteiger partial charge in [-0.05, 0) is 29.8 Å². The van der Waals surface area contributed by atoms with E-state index in [0.29, 0.717) is 18.7 Å². The highest BCUT2D eigenvalue weighted by Crippen LogP contribution is 2.29. The number of rotatable bonds is 8. The van der Waals surface area contributed by atoms with Gasteiger partial charge in [0.25, 0.3) is 5.91 Å². The average Bonchev–Trinajstić information content (AvgIpc) is 2.84. The molecule has 0 unspecified atom stereocenters. The lowest BCUT2D eigenvalue weighted by atomic mass is 10.2. The van der Waals surface area contributed by atoms with E-state index in [1.165, 1.54) is 5.56 Å². The zero-order valence-electron chi connectivity index (χ0n) is 17.7. The Bertz CT molecular complexity index is 955. The van der Waals surface area contributed by atoms with Crippen molar-refractivity contribution in [2.24, 2.45) is 0 Å². The number of carbonyl (C=O) groups is 1. The summed E-state index contributed by atoms with van der Waals surface area (Å²) in [6.07, 6.45) is 0.